The lowest BCUT2D eigenvalue weighted by Gasteiger charge is -2.36. The Hall–Kier alpha value is -3.92. The molecule has 2 fully saturated rings. The average Bonchev–Trinajstić information content (AvgIpc) is 3.01. The Labute approximate surface area is 263 Å². The first kappa shape index (κ1) is 31.5. The van der Waals surface area contributed by atoms with Crippen molar-refractivity contribution in [1.29, 1.82) is 0 Å². The first-order valence-electron chi connectivity index (χ1n) is 15.3. The highest BCUT2D eigenvalue weighted by Crippen LogP contribution is 2.35. The number of anilines is 1. The van der Waals surface area contributed by atoms with Gasteiger partial charge in [0.2, 0.25) is 0 Å². The smallest absolute Gasteiger partial charge is 0.410 e. The Bertz CT molecular complexity index is 1440. The number of aromatic nitrogens is 3. The van der Waals surface area contributed by atoms with Crippen LogP contribution < -0.4 is 9.64 Å². The zero-order valence-corrected chi connectivity index (χ0v) is 26.4. The topological polar surface area (TPSA) is 107 Å². The van der Waals surface area contributed by atoms with Crippen molar-refractivity contribution < 1.29 is 23.8 Å². The lowest BCUT2D eigenvalue weighted by atomic mass is 9.95. The number of nitrogens with zero attached hydrogens (tertiary/aromatic N) is 5. The molecule has 0 aliphatic carbocycles. The van der Waals surface area contributed by atoms with Crippen molar-refractivity contribution in [1.82, 2.24) is 19.9 Å². The molecule has 1 unspecified atom stereocenters. The maximum Gasteiger partial charge on any atom is 0.410 e. The second kappa shape index (κ2) is 14.2. The molecule has 2 saturated heterocycles. The third-order valence-electron chi connectivity index (χ3n) is 7.66. The summed E-state index contributed by atoms with van der Waals surface area (Å²) in [5, 5.41) is 0.483. The number of esters is 1. The minimum absolute atomic E-state index is 0.0282. The van der Waals surface area contributed by atoms with E-state index in [0.29, 0.717) is 61.6 Å². The summed E-state index contributed by atoms with van der Waals surface area (Å²) in [5.74, 6) is 1.45. The van der Waals surface area contributed by atoms with Crippen LogP contribution in [0.4, 0.5) is 10.6 Å². The van der Waals surface area contributed by atoms with Gasteiger partial charge in [-0.05, 0) is 83.2 Å². The molecule has 1 aromatic carbocycles. The summed E-state index contributed by atoms with van der Waals surface area (Å²) in [7, 11) is 0. The highest BCUT2D eigenvalue weighted by molar-refractivity contribution is 6.33. The van der Waals surface area contributed by atoms with Crippen LogP contribution in [0.5, 0.6) is 5.75 Å². The quantitative estimate of drug-likeness (QED) is 0.198. The first-order valence-corrected chi connectivity index (χ1v) is 15.7. The Morgan fingerprint density at radius 2 is 1.82 bits per heavy atom. The van der Waals surface area contributed by atoms with E-state index in [0.717, 1.165) is 49.0 Å². The van der Waals surface area contributed by atoms with Crippen molar-refractivity contribution in [3.63, 3.8) is 0 Å². The van der Waals surface area contributed by atoms with Crippen molar-refractivity contribution in [2.45, 2.75) is 58.5 Å². The predicted molar refractivity (Wildman–Crippen MR) is 169 cm³/mol. The number of ether oxygens (including phenoxy) is 3. The monoisotopic (exact) mass is 621 g/mol. The maximum absolute atomic E-state index is 12.5. The zero-order chi connectivity index (χ0) is 31.1. The molecule has 2 aliphatic heterocycles. The number of pyridine rings is 1. The molecule has 5 rings (SSSR count). The van der Waals surface area contributed by atoms with Gasteiger partial charge in [-0.3, -0.25) is 14.8 Å². The Kier molecular flexibility index (Phi) is 10.2. The van der Waals surface area contributed by atoms with Crippen LogP contribution in [0, 0.1) is 5.92 Å². The minimum Gasteiger partial charge on any atom is -0.494 e. The van der Waals surface area contributed by atoms with Gasteiger partial charge in [0, 0.05) is 49.7 Å². The molecule has 4 heterocycles. The van der Waals surface area contributed by atoms with E-state index >= 15 is 0 Å². The van der Waals surface area contributed by atoms with Gasteiger partial charge in [-0.25, -0.2) is 9.78 Å². The second-order valence-corrected chi connectivity index (χ2v) is 12.5. The standard InChI is InChI=1S/C33H40ClN5O5/c1-33(2,3)44-32(41)39-17-15-38(16-18-39)28-22-36-29(30(37-28)26-13-14-35-21-27(26)34)23-9-11-25(12-10-23)42-19-5-4-7-24-8-6-20-43-31(24)40/h9-14,21-22,24H,4-8,15-20H2,1-3H3. The fraction of sp³-hybridized carbons (Fsp3) is 0.485. The van der Waals surface area contributed by atoms with E-state index in [9.17, 15) is 9.59 Å². The van der Waals surface area contributed by atoms with Crippen LogP contribution in [0.2, 0.25) is 5.02 Å². The zero-order valence-electron chi connectivity index (χ0n) is 25.6. The van der Waals surface area contributed by atoms with E-state index in [2.05, 4.69) is 9.88 Å². The van der Waals surface area contributed by atoms with Crippen LogP contribution in [0.25, 0.3) is 22.5 Å². The second-order valence-electron chi connectivity index (χ2n) is 12.1. The van der Waals surface area contributed by atoms with E-state index in [1.165, 1.54) is 0 Å². The number of carbonyl (C=O) groups excluding carboxylic acids is 2. The fourth-order valence-corrected chi connectivity index (χ4v) is 5.54. The number of halogens is 1. The molecule has 2 aromatic heterocycles. The lowest BCUT2D eigenvalue weighted by Crippen LogP contribution is -2.50. The summed E-state index contributed by atoms with van der Waals surface area (Å²) in [5.41, 5.74) is 2.43. The molecule has 3 aromatic rings. The summed E-state index contributed by atoms with van der Waals surface area (Å²) >= 11 is 6.58. The van der Waals surface area contributed by atoms with Crippen molar-refractivity contribution in [3.05, 3.63) is 53.9 Å². The van der Waals surface area contributed by atoms with Gasteiger partial charge in [0.1, 0.15) is 22.9 Å². The average molecular weight is 622 g/mol. The highest BCUT2D eigenvalue weighted by atomic mass is 35.5. The third-order valence-corrected chi connectivity index (χ3v) is 7.96. The van der Waals surface area contributed by atoms with E-state index in [-0.39, 0.29) is 18.0 Å². The molecule has 11 heteroatoms. The van der Waals surface area contributed by atoms with Gasteiger partial charge in [0.15, 0.2) is 0 Å². The Morgan fingerprint density at radius 1 is 1.05 bits per heavy atom. The van der Waals surface area contributed by atoms with Gasteiger partial charge in [-0.2, -0.15) is 0 Å². The maximum atomic E-state index is 12.5. The van der Waals surface area contributed by atoms with E-state index < -0.39 is 5.60 Å². The van der Waals surface area contributed by atoms with Crippen molar-refractivity contribution in [2.75, 3.05) is 44.3 Å². The first-order chi connectivity index (χ1) is 21.2. The largest absolute Gasteiger partial charge is 0.494 e. The molecular weight excluding hydrogens is 582 g/mol. The number of unbranched alkanes of at least 4 members (excludes halogenated alkanes) is 1. The number of benzene rings is 1. The van der Waals surface area contributed by atoms with Crippen LogP contribution >= 0.6 is 11.6 Å². The number of amides is 1. The van der Waals surface area contributed by atoms with Gasteiger partial charge < -0.3 is 24.0 Å². The number of hydrogen-bond acceptors (Lipinski definition) is 9. The molecule has 2 aliphatic rings. The molecule has 0 bridgehead atoms. The van der Waals surface area contributed by atoms with Gasteiger partial charge in [0.05, 0.1) is 36.0 Å². The molecule has 0 spiro atoms. The van der Waals surface area contributed by atoms with Crippen LogP contribution in [-0.4, -0.2) is 76.9 Å². The Balaban J connectivity index is 1.25. The van der Waals surface area contributed by atoms with Gasteiger partial charge in [-0.1, -0.05) is 11.6 Å². The van der Waals surface area contributed by atoms with Crippen LogP contribution in [-0.2, 0) is 14.3 Å². The number of rotatable bonds is 9. The minimum atomic E-state index is -0.536. The molecule has 0 saturated carbocycles. The Morgan fingerprint density at radius 3 is 2.52 bits per heavy atom. The van der Waals surface area contributed by atoms with Gasteiger partial charge in [-0.15, -0.1) is 0 Å². The van der Waals surface area contributed by atoms with Crippen molar-refractivity contribution in [3.8, 4) is 28.3 Å². The predicted octanol–water partition coefficient (Wildman–Crippen LogP) is 6.42. The summed E-state index contributed by atoms with van der Waals surface area (Å²) in [6, 6.07) is 9.63. The van der Waals surface area contributed by atoms with Crippen molar-refractivity contribution in [2.24, 2.45) is 5.92 Å². The summed E-state index contributed by atoms with van der Waals surface area (Å²) in [6.45, 7) is 8.99. The molecule has 234 valence electrons. The van der Waals surface area contributed by atoms with Crippen LogP contribution in [0.1, 0.15) is 52.9 Å². The van der Waals surface area contributed by atoms with Crippen molar-refractivity contribution >= 4 is 29.5 Å². The lowest BCUT2D eigenvalue weighted by molar-refractivity contribution is -0.153. The van der Waals surface area contributed by atoms with E-state index in [1.807, 2.05) is 51.1 Å². The summed E-state index contributed by atoms with van der Waals surface area (Å²) in [6.07, 6.45) is 9.26. The SMILES string of the molecule is CC(C)(C)OC(=O)N1CCN(c2cnc(-c3ccc(OCCCCC4CCCOC4=O)cc3)c(-c3ccncc3Cl)n2)CC1. The van der Waals surface area contributed by atoms with Gasteiger partial charge in [0.25, 0.3) is 0 Å². The number of cyclic esters (lactones) is 1. The van der Waals surface area contributed by atoms with Gasteiger partial charge >= 0.3 is 12.1 Å². The number of hydrogen-bond donors (Lipinski definition) is 0. The third kappa shape index (κ3) is 8.16. The molecular formula is C33H40ClN5O5. The fourth-order valence-electron chi connectivity index (χ4n) is 5.34. The highest BCUT2D eigenvalue weighted by Gasteiger charge is 2.27. The molecule has 1 atom stereocenters. The van der Waals surface area contributed by atoms with Crippen LogP contribution in [0.15, 0.2) is 48.9 Å². The molecule has 1 amide bonds. The molecule has 10 nitrogen and oxygen atoms in total. The van der Waals surface area contributed by atoms with E-state index in [4.69, 9.17) is 35.8 Å². The summed E-state index contributed by atoms with van der Waals surface area (Å²) in [4.78, 5) is 42.2. The molecule has 0 radical (unpaired) electrons. The number of piperazine rings is 1. The summed E-state index contributed by atoms with van der Waals surface area (Å²) < 4.78 is 16.7. The molecule has 44 heavy (non-hydrogen) atoms. The number of carbonyl (C=O) groups is 2. The van der Waals surface area contributed by atoms with E-state index in [1.54, 1.807) is 23.5 Å². The molecule has 0 N–H and O–H groups in total. The van der Waals surface area contributed by atoms with Crippen LogP contribution in [0.3, 0.4) is 0 Å². The normalized spacial score (nSPS) is 17.3.